The summed E-state index contributed by atoms with van der Waals surface area (Å²) in [5, 5.41) is 12.7. The minimum atomic E-state index is -0.271. The van der Waals surface area contributed by atoms with Crippen molar-refractivity contribution in [3.05, 3.63) is 78.2 Å². The monoisotopic (exact) mass is 428 g/mol. The number of fused-ring (bicyclic) bond motifs is 3. The molecule has 4 aromatic rings. The Labute approximate surface area is 186 Å². The molecule has 2 N–H and O–H groups in total. The number of rotatable bonds is 5. The lowest BCUT2D eigenvalue weighted by Crippen LogP contribution is -2.43. The number of benzene rings is 2. The van der Waals surface area contributed by atoms with E-state index >= 15 is 4.39 Å². The van der Waals surface area contributed by atoms with Gasteiger partial charge in [0.2, 0.25) is 0 Å². The number of piperazine rings is 1. The molecule has 0 aliphatic carbocycles. The third kappa shape index (κ3) is 3.20. The number of hydrogen-bond acceptors (Lipinski definition) is 5. The molecule has 0 amide bonds. The first-order chi connectivity index (χ1) is 15.7. The van der Waals surface area contributed by atoms with E-state index in [4.69, 9.17) is 5.10 Å². The minimum Gasteiger partial charge on any atom is -0.363 e. The predicted octanol–water partition coefficient (Wildman–Crippen LogP) is 4.28. The summed E-state index contributed by atoms with van der Waals surface area (Å²) < 4.78 is 16.8. The van der Waals surface area contributed by atoms with Gasteiger partial charge in [-0.2, -0.15) is 0 Å². The van der Waals surface area contributed by atoms with Crippen molar-refractivity contribution in [3.63, 3.8) is 0 Å². The number of para-hydroxylation sites is 1. The highest BCUT2D eigenvalue weighted by Crippen LogP contribution is 2.36. The van der Waals surface area contributed by atoms with Crippen molar-refractivity contribution in [2.75, 3.05) is 23.3 Å². The van der Waals surface area contributed by atoms with Crippen LogP contribution in [0.5, 0.6) is 0 Å². The molecule has 32 heavy (non-hydrogen) atoms. The van der Waals surface area contributed by atoms with Crippen LogP contribution in [0.25, 0.3) is 16.6 Å². The van der Waals surface area contributed by atoms with E-state index in [2.05, 4.69) is 39.6 Å². The fourth-order valence-corrected chi connectivity index (χ4v) is 5.01. The predicted molar refractivity (Wildman–Crippen MR) is 125 cm³/mol. The van der Waals surface area contributed by atoms with Crippen LogP contribution in [0.2, 0.25) is 0 Å². The molecule has 2 bridgehead atoms. The molecule has 0 saturated carbocycles. The molecular weight excluding hydrogens is 403 g/mol. The summed E-state index contributed by atoms with van der Waals surface area (Å²) in [4.78, 5) is 6.81. The van der Waals surface area contributed by atoms with Crippen molar-refractivity contribution in [3.8, 4) is 5.69 Å². The van der Waals surface area contributed by atoms with Gasteiger partial charge in [-0.1, -0.05) is 36.4 Å². The van der Waals surface area contributed by atoms with Crippen molar-refractivity contribution in [1.29, 1.82) is 0 Å². The van der Waals surface area contributed by atoms with E-state index in [0.717, 1.165) is 42.2 Å². The van der Waals surface area contributed by atoms with Gasteiger partial charge in [0.15, 0.2) is 5.82 Å². The van der Waals surface area contributed by atoms with Gasteiger partial charge in [-0.15, -0.1) is 5.10 Å². The Hall–Kier alpha value is -3.45. The Kier molecular flexibility index (Phi) is 4.57. The molecule has 2 unspecified atom stereocenters. The first-order valence-corrected chi connectivity index (χ1v) is 11.1. The van der Waals surface area contributed by atoms with Crippen molar-refractivity contribution in [2.45, 2.75) is 31.5 Å². The smallest absolute Gasteiger partial charge is 0.159 e. The Morgan fingerprint density at radius 2 is 2.00 bits per heavy atom. The van der Waals surface area contributed by atoms with Crippen LogP contribution >= 0.6 is 0 Å². The SMILES string of the molecule is C[C@H](Nc1cc(-n2nc(N3CC4CC3CN4)c3cccc(F)c32)ccn1)c1ccccc1. The molecule has 4 heterocycles. The summed E-state index contributed by atoms with van der Waals surface area (Å²) in [7, 11) is 0. The fraction of sp³-hybridized carbons (Fsp3) is 0.280. The second-order valence-electron chi connectivity index (χ2n) is 8.69. The molecule has 162 valence electrons. The number of halogens is 1. The molecular formula is C25H25FN6. The van der Waals surface area contributed by atoms with Gasteiger partial charge in [-0.25, -0.2) is 14.1 Å². The van der Waals surface area contributed by atoms with Crippen LogP contribution in [0.3, 0.4) is 0 Å². The second kappa shape index (κ2) is 7.60. The summed E-state index contributed by atoms with van der Waals surface area (Å²) >= 11 is 0. The molecule has 2 aromatic heterocycles. The van der Waals surface area contributed by atoms with E-state index in [0.29, 0.717) is 17.6 Å². The van der Waals surface area contributed by atoms with E-state index < -0.39 is 0 Å². The topological polar surface area (TPSA) is 58.0 Å². The average Bonchev–Trinajstić information content (AvgIpc) is 3.54. The summed E-state index contributed by atoms with van der Waals surface area (Å²) in [6.07, 6.45) is 2.86. The zero-order valence-electron chi connectivity index (χ0n) is 17.9. The highest BCUT2D eigenvalue weighted by molar-refractivity contribution is 5.92. The van der Waals surface area contributed by atoms with Crippen LogP contribution in [0.4, 0.5) is 16.0 Å². The van der Waals surface area contributed by atoms with E-state index in [1.165, 1.54) is 11.6 Å². The van der Waals surface area contributed by atoms with Gasteiger partial charge in [-0.05, 0) is 37.1 Å². The fourth-order valence-electron chi connectivity index (χ4n) is 5.01. The average molecular weight is 429 g/mol. The van der Waals surface area contributed by atoms with Gasteiger partial charge in [0.1, 0.15) is 17.2 Å². The molecule has 2 aliphatic heterocycles. The van der Waals surface area contributed by atoms with Gasteiger partial charge >= 0.3 is 0 Å². The summed E-state index contributed by atoms with van der Waals surface area (Å²) in [5.74, 6) is 1.31. The van der Waals surface area contributed by atoms with Gasteiger partial charge in [-0.3, -0.25) is 0 Å². The van der Waals surface area contributed by atoms with E-state index in [-0.39, 0.29) is 11.9 Å². The first kappa shape index (κ1) is 19.3. The summed E-state index contributed by atoms with van der Waals surface area (Å²) in [5.41, 5.74) is 2.47. The number of nitrogens with one attached hydrogen (secondary N) is 2. The highest BCUT2D eigenvalue weighted by Gasteiger charge is 2.39. The lowest BCUT2D eigenvalue weighted by atomic mass is 10.1. The normalized spacial score (nSPS) is 20.8. The Morgan fingerprint density at radius 3 is 2.78 bits per heavy atom. The van der Waals surface area contributed by atoms with E-state index in [1.807, 2.05) is 36.4 Å². The van der Waals surface area contributed by atoms with Gasteiger partial charge in [0.05, 0.1) is 5.69 Å². The maximum absolute atomic E-state index is 15.0. The van der Waals surface area contributed by atoms with Crippen LogP contribution in [0, 0.1) is 5.82 Å². The Bertz CT molecular complexity index is 1270. The van der Waals surface area contributed by atoms with Gasteiger partial charge < -0.3 is 15.5 Å². The first-order valence-electron chi connectivity index (χ1n) is 11.1. The number of aromatic nitrogens is 3. The lowest BCUT2D eigenvalue weighted by molar-refractivity contribution is 0.575. The van der Waals surface area contributed by atoms with Crippen molar-refractivity contribution in [1.82, 2.24) is 20.1 Å². The van der Waals surface area contributed by atoms with Crippen molar-refractivity contribution in [2.24, 2.45) is 0 Å². The van der Waals surface area contributed by atoms with E-state index in [1.54, 1.807) is 16.9 Å². The molecule has 2 fully saturated rings. The molecule has 7 heteroatoms. The number of anilines is 2. The van der Waals surface area contributed by atoms with Crippen LogP contribution in [0.15, 0.2) is 66.9 Å². The molecule has 2 aliphatic rings. The maximum Gasteiger partial charge on any atom is 0.159 e. The number of nitrogens with zero attached hydrogens (tertiary/aromatic N) is 4. The van der Waals surface area contributed by atoms with Crippen LogP contribution in [0.1, 0.15) is 24.9 Å². The molecule has 0 radical (unpaired) electrons. The summed E-state index contributed by atoms with van der Waals surface area (Å²) in [6, 6.07) is 20.3. The zero-order chi connectivity index (χ0) is 21.7. The summed E-state index contributed by atoms with van der Waals surface area (Å²) in [6.45, 7) is 3.96. The molecule has 2 aromatic carbocycles. The van der Waals surface area contributed by atoms with Gasteiger partial charge in [0.25, 0.3) is 0 Å². The quantitative estimate of drug-likeness (QED) is 0.497. The third-order valence-electron chi connectivity index (χ3n) is 6.61. The maximum atomic E-state index is 15.0. The Morgan fingerprint density at radius 1 is 1.12 bits per heavy atom. The van der Waals surface area contributed by atoms with Crippen molar-refractivity contribution < 1.29 is 4.39 Å². The van der Waals surface area contributed by atoms with Gasteiger partial charge in [0, 0.05) is 48.9 Å². The largest absolute Gasteiger partial charge is 0.363 e. The standard InChI is InChI=1S/C25H25FN6/c1-16(17-6-3-2-4-7-17)29-23-13-19(10-11-27-23)32-24-21(8-5-9-22(24)26)25(30-32)31-15-18-12-20(31)14-28-18/h2-11,13,16,18,20,28H,12,14-15H2,1H3,(H,27,29)/t16-,18?,20?/m0/s1. The molecule has 0 spiro atoms. The van der Waals surface area contributed by atoms with E-state index in [9.17, 15) is 0 Å². The van der Waals surface area contributed by atoms with Crippen LogP contribution in [-0.4, -0.2) is 39.9 Å². The minimum absolute atomic E-state index is 0.0910. The van der Waals surface area contributed by atoms with Crippen molar-refractivity contribution >= 4 is 22.5 Å². The molecule has 6 nitrogen and oxygen atoms in total. The third-order valence-corrected chi connectivity index (χ3v) is 6.61. The number of pyridine rings is 1. The molecule has 2 saturated heterocycles. The molecule has 3 atom stereocenters. The Balaban J connectivity index is 1.39. The lowest BCUT2D eigenvalue weighted by Gasteiger charge is -2.27. The van der Waals surface area contributed by atoms with Crippen LogP contribution < -0.4 is 15.5 Å². The zero-order valence-corrected chi connectivity index (χ0v) is 17.9. The highest BCUT2D eigenvalue weighted by atomic mass is 19.1. The van der Waals surface area contributed by atoms with Crippen LogP contribution in [-0.2, 0) is 0 Å². The number of hydrogen-bond donors (Lipinski definition) is 2. The second-order valence-corrected chi connectivity index (χ2v) is 8.69. The molecule has 6 rings (SSSR count).